The lowest BCUT2D eigenvalue weighted by atomic mass is 10.1. The van der Waals surface area contributed by atoms with Crippen LogP contribution in [0.25, 0.3) is 0 Å². The van der Waals surface area contributed by atoms with Crippen molar-refractivity contribution in [3.05, 3.63) is 17.5 Å². The Kier molecular flexibility index (Phi) is 6.67. The van der Waals surface area contributed by atoms with Gasteiger partial charge in [0, 0.05) is 25.4 Å². The first kappa shape index (κ1) is 18.0. The summed E-state index contributed by atoms with van der Waals surface area (Å²) in [5.74, 6) is 0.362. The molecule has 4 nitrogen and oxygen atoms in total. The van der Waals surface area contributed by atoms with Gasteiger partial charge in [0.05, 0.1) is 12.2 Å². The molecule has 0 saturated heterocycles. The van der Waals surface area contributed by atoms with E-state index in [2.05, 4.69) is 24.3 Å². The van der Waals surface area contributed by atoms with E-state index in [1.165, 1.54) is 11.9 Å². The lowest BCUT2D eigenvalue weighted by Gasteiger charge is -2.18. The lowest BCUT2D eigenvalue weighted by Crippen LogP contribution is -2.32. The third-order valence-electron chi connectivity index (χ3n) is 3.14. The summed E-state index contributed by atoms with van der Waals surface area (Å²) in [7, 11) is 3.38. The van der Waals surface area contributed by atoms with Crippen LogP contribution >= 0.6 is 0 Å². The molecule has 1 aromatic rings. The Morgan fingerprint density at radius 2 is 2.05 bits per heavy atom. The van der Waals surface area contributed by atoms with Crippen LogP contribution in [0.3, 0.4) is 0 Å². The second kappa shape index (κ2) is 7.79. The zero-order valence-electron chi connectivity index (χ0n) is 13.2. The summed E-state index contributed by atoms with van der Waals surface area (Å²) in [4.78, 5) is 1.30. The van der Waals surface area contributed by atoms with Gasteiger partial charge in [-0.05, 0) is 32.5 Å². The summed E-state index contributed by atoms with van der Waals surface area (Å²) >= 11 is 0. The summed E-state index contributed by atoms with van der Waals surface area (Å²) in [5, 5.41) is 7.69. The SMILES string of the molecule is CC(C)c1nn(C)cc1CNCCCN(C)CC(F)(F)F. The zero-order chi connectivity index (χ0) is 16.0. The number of halogens is 3. The second-order valence-electron chi connectivity index (χ2n) is 5.75. The molecule has 1 N–H and O–H groups in total. The summed E-state index contributed by atoms with van der Waals surface area (Å²) < 4.78 is 38.3. The standard InChI is InChI=1S/C14H25F3N4/c1-11(2)13-12(9-21(4)19-13)8-18-6-5-7-20(3)10-14(15,16)17/h9,11,18H,5-8,10H2,1-4H3. The van der Waals surface area contributed by atoms with Crippen molar-refractivity contribution in [3.63, 3.8) is 0 Å². The molecule has 122 valence electrons. The first-order valence-corrected chi connectivity index (χ1v) is 7.17. The van der Waals surface area contributed by atoms with E-state index in [1.54, 1.807) is 4.68 Å². The minimum absolute atomic E-state index is 0.362. The van der Waals surface area contributed by atoms with Gasteiger partial charge in [0.1, 0.15) is 0 Å². The molecule has 0 aliphatic heterocycles. The Labute approximate surface area is 124 Å². The van der Waals surface area contributed by atoms with Crippen LogP contribution in [-0.4, -0.2) is 47.5 Å². The molecule has 21 heavy (non-hydrogen) atoms. The van der Waals surface area contributed by atoms with Crippen molar-refractivity contribution >= 4 is 0 Å². The molecule has 1 heterocycles. The van der Waals surface area contributed by atoms with Gasteiger partial charge in [-0.1, -0.05) is 13.8 Å². The van der Waals surface area contributed by atoms with Crippen LogP contribution < -0.4 is 5.32 Å². The van der Waals surface area contributed by atoms with E-state index in [9.17, 15) is 13.2 Å². The van der Waals surface area contributed by atoms with Gasteiger partial charge in [0.25, 0.3) is 0 Å². The maximum Gasteiger partial charge on any atom is 0.401 e. The van der Waals surface area contributed by atoms with Gasteiger partial charge in [0.15, 0.2) is 0 Å². The fourth-order valence-electron chi connectivity index (χ4n) is 2.26. The van der Waals surface area contributed by atoms with Crippen LogP contribution in [0.5, 0.6) is 0 Å². The molecule has 0 spiro atoms. The van der Waals surface area contributed by atoms with E-state index >= 15 is 0 Å². The average Bonchev–Trinajstić information content (AvgIpc) is 2.68. The predicted molar refractivity (Wildman–Crippen MR) is 77.2 cm³/mol. The molecule has 0 radical (unpaired) electrons. The van der Waals surface area contributed by atoms with Crippen molar-refractivity contribution < 1.29 is 13.2 Å². The highest BCUT2D eigenvalue weighted by molar-refractivity contribution is 5.19. The van der Waals surface area contributed by atoms with Crippen molar-refractivity contribution in [1.29, 1.82) is 0 Å². The number of alkyl halides is 3. The highest BCUT2D eigenvalue weighted by Gasteiger charge is 2.28. The Bertz CT molecular complexity index is 426. The van der Waals surface area contributed by atoms with Crippen LogP contribution in [0.15, 0.2) is 6.20 Å². The quantitative estimate of drug-likeness (QED) is 0.749. The molecule has 0 unspecified atom stereocenters. The molecule has 0 atom stereocenters. The van der Waals surface area contributed by atoms with E-state index in [0.29, 0.717) is 32.0 Å². The van der Waals surface area contributed by atoms with Crippen molar-refractivity contribution in [3.8, 4) is 0 Å². The predicted octanol–water partition coefficient (Wildman–Crippen LogP) is 2.52. The van der Waals surface area contributed by atoms with Gasteiger partial charge in [-0.3, -0.25) is 9.58 Å². The summed E-state index contributed by atoms with van der Waals surface area (Å²) in [6.07, 6.45) is -1.45. The fraction of sp³-hybridized carbons (Fsp3) is 0.786. The third-order valence-corrected chi connectivity index (χ3v) is 3.14. The molecule has 1 aromatic heterocycles. The number of aromatic nitrogens is 2. The van der Waals surface area contributed by atoms with E-state index in [1.807, 2.05) is 13.2 Å². The Morgan fingerprint density at radius 3 is 2.62 bits per heavy atom. The van der Waals surface area contributed by atoms with Crippen molar-refractivity contribution in [2.45, 2.75) is 38.9 Å². The largest absolute Gasteiger partial charge is 0.401 e. The van der Waals surface area contributed by atoms with Crippen molar-refractivity contribution in [1.82, 2.24) is 20.0 Å². The number of hydrogen-bond acceptors (Lipinski definition) is 3. The van der Waals surface area contributed by atoms with Gasteiger partial charge in [0.2, 0.25) is 0 Å². The maximum atomic E-state index is 12.2. The van der Waals surface area contributed by atoms with E-state index < -0.39 is 12.7 Å². The molecular formula is C14H25F3N4. The highest BCUT2D eigenvalue weighted by Crippen LogP contribution is 2.17. The van der Waals surface area contributed by atoms with Crippen LogP contribution in [0, 0.1) is 0 Å². The van der Waals surface area contributed by atoms with Crippen LogP contribution in [0.1, 0.15) is 37.4 Å². The summed E-state index contributed by atoms with van der Waals surface area (Å²) in [5.41, 5.74) is 2.22. The van der Waals surface area contributed by atoms with E-state index in [0.717, 1.165) is 11.3 Å². The summed E-state index contributed by atoms with van der Waals surface area (Å²) in [6.45, 7) is 5.15. The van der Waals surface area contributed by atoms with Gasteiger partial charge in [-0.25, -0.2) is 0 Å². The average molecular weight is 306 g/mol. The zero-order valence-corrected chi connectivity index (χ0v) is 13.2. The first-order chi connectivity index (χ1) is 9.69. The number of nitrogens with one attached hydrogen (secondary N) is 1. The van der Waals surface area contributed by atoms with E-state index in [4.69, 9.17) is 0 Å². The molecule has 0 fully saturated rings. The lowest BCUT2D eigenvalue weighted by molar-refractivity contribution is -0.143. The molecule has 0 saturated carbocycles. The Balaban J connectivity index is 2.26. The topological polar surface area (TPSA) is 33.1 Å². The number of rotatable bonds is 8. The number of nitrogens with zero attached hydrogens (tertiary/aromatic N) is 3. The molecule has 0 bridgehead atoms. The maximum absolute atomic E-state index is 12.2. The highest BCUT2D eigenvalue weighted by atomic mass is 19.4. The van der Waals surface area contributed by atoms with Gasteiger partial charge < -0.3 is 5.32 Å². The van der Waals surface area contributed by atoms with Gasteiger partial charge in [-0.2, -0.15) is 18.3 Å². The van der Waals surface area contributed by atoms with Crippen LogP contribution in [-0.2, 0) is 13.6 Å². The van der Waals surface area contributed by atoms with Crippen LogP contribution in [0.2, 0.25) is 0 Å². The van der Waals surface area contributed by atoms with Crippen molar-refractivity contribution in [2.24, 2.45) is 7.05 Å². The molecule has 0 aromatic carbocycles. The normalized spacial score (nSPS) is 12.6. The minimum Gasteiger partial charge on any atom is -0.312 e. The Morgan fingerprint density at radius 1 is 1.38 bits per heavy atom. The molecule has 0 aliphatic carbocycles. The van der Waals surface area contributed by atoms with Gasteiger partial charge in [-0.15, -0.1) is 0 Å². The monoisotopic (exact) mass is 306 g/mol. The fourth-order valence-corrected chi connectivity index (χ4v) is 2.26. The molecule has 0 aliphatic rings. The van der Waals surface area contributed by atoms with Crippen molar-refractivity contribution in [2.75, 3.05) is 26.7 Å². The molecule has 0 amide bonds. The van der Waals surface area contributed by atoms with Crippen LogP contribution in [0.4, 0.5) is 13.2 Å². The van der Waals surface area contributed by atoms with Gasteiger partial charge >= 0.3 is 6.18 Å². The number of hydrogen-bond donors (Lipinski definition) is 1. The minimum atomic E-state index is -4.12. The first-order valence-electron chi connectivity index (χ1n) is 7.17. The summed E-state index contributed by atoms with van der Waals surface area (Å²) in [6, 6.07) is 0. The molecular weight excluding hydrogens is 281 g/mol. The smallest absolute Gasteiger partial charge is 0.312 e. The molecule has 1 rings (SSSR count). The second-order valence-corrected chi connectivity index (χ2v) is 5.75. The van der Waals surface area contributed by atoms with E-state index in [-0.39, 0.29) is 0 Å². The number of aryl methyl sites for hydroxylation is 1. The molecule has 7 heteroatoms. The Hall–Kier alpha value is -1.08. The third kappa shape index (κ3) is 6.95.